The van der Waals surface area contributed by atoms with Crippen molar-refractivity contribution in [2.24, 2.45) is 0 Å². The number of rotatable bonds is 3. The molecule has 0 amide bonds. The van der Waals surface area contributed by atoms with Gasteiger partial charge in [0.2, 0.25) is 0 Å². The van der Waals surface area contributed by atoms with E-state index in [9.17, 15) is 0 Å². The van der Waals surface area contributed by atoms with Crippen molar-refractivity contribution in [1.82, 2.24) is 4.98 Å². The lowest BCUT2D eigenvalue weighted by atomic mass is 10.1. The van der Waals surface area contributed by atoms with E-state index in [4.69, 9.17) is 11.6 Å². The second-order valence-corrected chi connectivity index (χ2v) is 3.30. The number of anilines is 1. The number of allylic oxidation sites excluding steroid dienone is 1. The van der Waals surface area contributed by atoms with Crippen molar-refractivity contribution in [2.75, 3.05) is 24.9 Å². The number of aromatic nitrogens is 1. The summed E-state index contributed by atoms with van der Waals surface area (Å²) in [4.78, 5) is 6.21. The molecule has 70 valence electrons. The number of hydrogen-bond donors (Lipinski definition) is 0. The van der Waals surface area contributed by atoms with E-state index >= 15 is 0 Å². The summed E-state index contributed by atoms with van der Waals surface area (Å²) in [5, 5.41) is 0. The molecule has 0 bridgehead atoms. The average Bonchev–Trinajstić information content (AvgIpc) is 2.17. The van der Waals surface area contributed by atoms with E-state index in [0.717, 1.165) is 17.0 Å². The lowest BCUT2D eigenvalue weighted by Crippen LogP contribution is -2.10. The van der Waals surface area contributed by atoms with Crippen LogP contribution in [0.5, 0.6) is 0 Å². The summed E-state index contributed by atoms with van der Waals surface area (Å²) in [5.41, 5.74) is 1.90. The Labute approximate surface area is 83.8 Å². The summed E-state index contributed by atoms with van der Waals surface area (Å²) in [6.07, 6.45) is 1.79. The second-order valence-electron chi connectivity index (χ2n) is 3.04. The predicted octanol–water partition coefficient (Wildman–Crippen LogP) is 2.40. The molecule has 0 unspecified atom stereocenters. The summed E-state index contributed by atoms with van der Waals surface area (Å²) in [7, 11) is 3.91. The quantitative estimate of drug-likeness (QED) is 0.691. The summed E-state index contributed by atoms with van der Waals surface area (Å²) < 4.78 is 0. The Morgan fingerprint density at radius 3 is 2.62 bits per heavy atom. The first kappa shape index (κ1) is 10.1. The Hall–Kier alpha value is -1.02. The van der Waals surface area contributed by atoms with E-state index < -0.39 is 0 Å². The fourth-order valence-electron chi connectivity index (χ4n) is 0.937. The Balaban J connectivity index is 2.87. The highest BCUT2D eigenvalue weighted by Gasteiger charge is 1.99. The number of alkyl halides is 1. The molecule has 0 aliphatic carbocycles. The van der Waals surface area contributed by atoms with Crippen molar-refractivity contribution in [1.29, 1.82) is 0 Å². The molecule has 0 saturated carbocycles. The van der Waals surface area contributed by atoms with Gasteiger partial charge in [-0.3, -0.25) is 0 Å². The zero-order valence-electron chi connectivity index (χ0n) is 7.92. The van der Waals surface area contributed by atoms with Crippen LogP contribution in [0.3, 0.4) is 0 Å². The smallest absolute Gasteiger partial charge is 0.127 e. The summed E-state index contributed by atoms with van der Waals surface area (Å²) in [5.74, 6) is 1.38. The average molecular weight is 197 g/mol. The Kier molecular flexibility index (Phi) is 3.32. The van der Waals surface area contributed by atoms with Gasteiger partial charge >= 0.3 is 0 Å². The van der Waals surface area contributed by atoms with Gasteiger partial charge in [0.15, 0.2) is 0 Å². The molecular formula is C10H13ClN2. The van der Waals surface area contributed by atoms with Gasteiger partial charge in [0.25, 0.3) is 0 Å². The molecule has 0 fully saturated rings. The molecule has 1 aromatic rings. The van der Waals surface area contributed by atoms with Crippen molar-refractivity contribution in [3.05, 3.63) is 30.5 Å². The second kappa shape index (κ2) is 4.28. The molecule has 0 aliphatic rings. The molecule has 0 spiro atoms. The van der Waals surface area contributed by atoms with Crippen LogP contribution < -0.4 is 4.90 Å². The topological polar surface area (TPSA) is 16.1 Å². The van der Waals surface area contributed by atoms with Gasteiger partial charge in [0.05, 0.1) is 0 Å². The maximum atomic E-state index is 5.65. The Morgan fingerprint density at radius 2 is 2.23 bits per heavy atom. The molecule has 0 aromatic carbocycles. The number of hydrogen-bond acceptors (Lipinski definition) is 2. The van der Waals surface area contributed by atoms with Gasteiger partial charge in [-0.15, -0.1) is 11.6 Å². The number of halogens is 1. The van der Waals surface area contributed by atoms with E-state index in [1.165, 1.54) is 0 Å². The summed E-state index contributed by atoms with van der Waals surface area (Å²) in [6.45, 7) is 3.83. The monoisotopic (exact) mass is 196 g/mol. The standard InChI is InChI=1S/C10H13ClN2/c1-8(6-11)9-4-5-10(12-7-9)13(2)3/h4-5,7H,1,6H2,2-3H3. The lowest BCUT2D eigenvalue weighted by Gasteiger charge is -2.11. The van der Waals surface area contributed by atoms with Crippen LogP contribution in [0, 0.1) is 0 Å². The largest absolute Gasteiger partial charge is 0.363 e. The molecule has 0 aliphatic heterocycles. The minimum Gasteiger partial charge on any atom is -0.363 e. The van der Waals surface area contributed by atoms with E-state index in [0.29, 0.717) is 5.88 Å². The molecule has 0 N–H and O–H groups in total. The zero-order valence-corrected chi connectivity index (χ0v) is 8.67. The van der Waals surface area contributed by atoms with E-state index in [1.54, 1.807) is 6.20 Å². The number of nitrogens with zero attached hydrogens (tertiary/aromatic N) is 2. The predicted molar refractivity (Wildman–Crippen MR) is 58.3 cm³/mol. The SMILES string of the molecule is C=C(CCl)c1ccc(N(C)C)nc1. The molecule has 0 saturated heterocycles. The fourth-order valence-corrected chi connectivity index (χ4v) is 1.09. The molecular weight excluding hydrogens is 184 g/mol. The van der Waals surface area contributed by atoms with Gasteiger partial charge < -0.3 is 4.90 Å². The van der Waals surface area contributed by atoms with Crippen LogP contribution in [-0.4, -0.2) is 25.0 Å². The maximum absolute atomic E-state index is 5.65. The van der Waals surface area contributed by atoms with Crippen molar-refractivity contribution in [3.8, 4) is 0 Å². The normalized spacial score (nSPS) is 9.77. The lowest BCUT2D eigenvalue weighted by molar-refractivity contribution is 1.07. The first-order valence-electron chi connectivity index (χ1n) is 4.02. The molecule has 1 aromatic heterocycles. The van der Waals surface area contributed by atoms with E-state index in [2.05, 4.69) is 11.6 Å². The van der Waals surface area contributed by atoms with Crippen LogP contribution in [0.4, 0.5) is 5.82 Å². The van der Waals surface area contributed by atoms with Gasteiger partial charge in [-0.25, -0.2) is 4.98 Å². The van der Waals surface area contributed by atoms with Crippen molar-refractivity contribution in [3.63, 3.8) is 0 Å². The van der Waals surface area contributed by atoms with Crippen LogP contribution in [0.1, 0.15) is 5.56 Å². The van der Waals surface area contributed by atoms with E-state index in [1.807, 2.05) is 31.1 Å². The molecule has 3 heteroatoms. The third-order valence-corrected chi connectivity index (χ3v) is 2.10. The van der Waals surface area contributed by atoms with Crippen LogP contribution in [0.25, 0.3) is 5.57 Å². The third-order valence-electron chi connectivity index (χ3n) is 1.78. The molecule has 1 rings (SSSR count). The third kappa shape index (κ3) is 2.46. The maximum Gasteiger partial charge on any atom is 0.127 e. The molecule has 0 radical (unpaired) electrons. The van der Waals surface area contributed by atoms with Crippen LogP contribution in [0.2, 0.25) is 0 Å². The molecule has 1 heterocycles. The Bertz CT molecular complexity index is 290. The first-order chi connectivity index (χ1) is 6.15. The minimum absolute atomic E-state index is 0.447. The molecule has 13 heavy (non-hydrogen) atoms. The van der Waals surface area contributed by atoms with Crippen LogP contribution in [0.15, 0.2) is 24.9 Å². The fraction of sp³-hybridized carbons (Fsp3) is 0.300. The molecule has 0 atom stereocenters. The van der Waals surface area contributed by atoms with Crippen molar-refractivity contribution >= 4 is 23.0 Å². The van der Waals surface area contributed by atoms with E-state index in [-0.39, 0.29) is 0 Å². The molecule has 2 nitrogen and oxygen atoms in total. The van der Waals surface area contributed by atoms with Crippen molar-refractivity contribution < 1.29 is 0 Å². The van der Waals surface area contributed by atoms with Gasteiger partial charge in [-0.1, -0.05) is 6.58 Å². The van der Waals surface area contributed by atoms with Gasteiger partial charge in [-0.2, -0.15) is 0 Å². The highest BCUT2D eigenvalue weighted by Crippen LogP contribution is 2.15. The van der Waals surface area contributed by atoms with Crippen LogP contribution >= 0.6 is 11.6 Å². The van der Waals surface area contributed by atoms with Gasteiger partial charge in [0.1, 0.15) is 5.82 Å². The van der Waals surface area contributed by atoms with Crippen LogP contribution in [-0.2, 0) is 0 Å². The van der Waals surface area contributed by atoms with Crippen molar-refractivity contribution in [2.45, 2.75) is 0 Å². The summed E-state index contributed by atoms with van der Waals surface area (Å²) >= 11 is 5.65. The van der Waals surface area contributed by atoms with Gasteiger partial charge in [-0.05, 0) is 23.3 Å². The Morgan fingerprint density at radius 1 is 1.54 bits per heavy atom. The zero-order chi connectivity index (χ0) is 9.84. The summed E-state index contributed by atoms with van der Waals surface area (Å²) in [6, 6.07) is 3.93. The highest BCUT2D eigenvalue weighted by molar-refractivity contribution is 6.23. The minimum atomic E-state index is 0.447. The van der Waals surface area contributed by atoms with Gasteiger partial charge in [0, 0.05) is 26.2 Å². The first-order valence-corrected chi connectivity index (χ1v) is 4.56. The number of pyridine rings is 1. The highest BCUT2D eigenvalue weighted by atomic mass is 35.5.